The third-order valence-electron chi connectivity index (χ3n) is 1.36. The van der Waals surface area contributed by atoms with Gasteiger partial charge in [0.1, 0.15) is 0 Å². The van der Waals surface area contributed by atoms with E-state index in [-0.39, 0.29) is 23.4 Å². The molecule has 1 aromatic rings. The Kier molecular flexibility index (Phi) is 3.00. The van der Waals surface area contributed by atoms with Crippen molar-refractivity contribution in [1.29, 1.82) is 0 Å². The summed E-state index contributed by atoms with van der Waals surface area (Å²) in [4.78, 5) is 27.6. The Labute approximate surface area is 78.2 Å². The molecule has 14 heavy (non-hydrogen) atoms. The maximum Gasteiger partial charge on any atom is 0.266 e. The van der Waals surface area contributed by atoms with E-state index >= 15 is 0 Å². The van der Waals surface area contributed by atoms with E-state index in [4.69, 9.17) is 0 Å². The van der Waals surface area contributed by atoms with E-state index in [1.165, 1.54) is 14.2 Å². The minimum atomic E-state index is -0.345. The van der Waals surface area contributed by atoms with Gasteiger partial charge in [-0.25, -0.2) is 0 Å². The zero-order valence-corrected chi connectivity index (χ0v) is 7.42. The van der Waals surface area contributed by atoms with Crippen LogP contribution >= 0.6 is 0 Å². The molecule has 0 bridgehead atoms. The summed E-state index contributed by atoms with van der Waals surface area (Å²) in [5.41, 5.74) is 0. The first kappa shape index (κ1) is 9.96. The Hall–Kier alpha value is -2.12. The lowest BCUT2D eigenvalue weighted by molar-refractivity contribution is 0.363. The average molecular weight is 198 g/mol. The Morgan fingerprint density at radius 2 is 1.36 bits per heavy atom. The Morgan fingerprint density at radius 3 is 1.64 bits per heavy atom. The number of nitroso groups, excluding NO2 is 2. The van der Waals surface area contributed by atoms with Gasteiger partial charge in [0.25, 0.3) is 23.4 Å². The third kappa shape index (κ3) is 1.63. The van der Waals surface area contributed by atoms with Crippen LogP contribution in [0.1, 0.15) is 0 Å². The minimum absolute atomic E-state index is 0.121. The summed E-state index contributed by atoms with van der Waals surface area (Å²) in [6.45, 7) is 0. The summed E-state index contributed by atoms with van der Waals surface area (Å²) in [6.07, 6.45) is 0. The number of methoxy groups -OCH3 is 2. The van der Waals surface area contributed by atoms with Gasteiger partial charge in [-0.3, -0.25) is 0 Å². The molecule has 8 nitrogen and oxygen atoms in total. The van der Waals surface area contributed by atoms with Gasteiger partial charge < -0.3 is 9.47 Å². The van der Waals surface area contributed by atoms with E-state index in [2.05, 4.69) is 29.8 Å². The molecule has 0 saturated carbocycles. The second kappa shape index (κ2) is 4.21. The number of ether oxygens (including phenoxy) is 2. The van der Waals surface area contributed by atoms with Crippen molar-refractivity contribution >= 4 is 11.6 Å². The number of hydrogen-bond donors (Lipinski definition) is 0. The predicted octanol–water partition coefficient (Wildman–Crippen LogP) is 1.29. The van der Waals surface area contributed by atoms with E-state index in [1.807, 2.05) is 0 Å². The van der Waals surface area contributed by atoms with Crippen LogP contribution in [0.2, 0.25) is 0 Å². The summed E-state index contributed by atoms with van der Waals surface area (Å²) >= 11 is 0. The van der Waals surface area contributed by atoms with Crippen molar-refractivity contribution in [3.05, 3.63) is 9.81 Å². The highest BCUT2D eigenvalue weighted by Crippen LogP contribution is 2.31. The largest absolute Gasteiger partial charge is 0.478 e. The standard InChI is InChI=1S/C6H6N4O4/c1-13-5-3(9-11)7-4(10-12)6(8-5)14-2/h1-2H3. The lowest BCUT2D eigenvalue weighted by Crippen LogP contribution is -1.95. The van der Waals surface area contributed by atoms with E-state index < -0.39 is 0 Å². The monoisotopic (exact) mass is 198 g/mol. The highest BCUT2D eigenvalue weighted by Gasteiger charge is 2.15. The summed E-state index contributed by atoms with van der Waals surface area (Å²) in [6, 6.07) is 0. The SMILES string of the molecule is COc1nc(OC)c(N=O)nc1N=O. The summed E-state index contributed by atoms with van der Waals surface area (Å²) in [5, 5.41) is 5.04. The van der Waals surface area contributed by atoms with Crippen LogP contribution in [0.4, 0.5) is 11.6 Å². The molecule has 0 amide bonds. The Bertz CT molecular complexity index is 336. The molecule has 0 aliphatic heterocycles. The van der Waals surface area contributed by atoms with Gasteiger partial charge in [0.2, 0.25) is 0 Å². The fraction of sp³-hybridized carbons (Fsp3) is 0.333. The van der Waals surface area contributed by atoms with Gasteiger partial charge >= 0.3 is 0 Å². The predicted molar refractivity (Wildman–Crippen MR) is 46.0 cm³/mol. The lowest BCUT2D eigenvalue weighted by Gasteiger charge is -2.03. The topological polar surface area (TPSA) is 103 Å². The molecule has 0 spiro atoms. The normalized spacial score (nSPS) is 9.29. The van der Waals surface area contributed by atoms with Crippen molar-refractivity contribution in [3.63, 3.8) is 0 Å². The average Bonchev–Trinajstić information content (AvgIpc) is 2.26. The second-order valence-electron chi connectivity index (χ2n) is 2.07. The van der Waals surface area contributed by atoms with E-state index in [9.17, 15) is 9.81 Å². The van der Waals surface area contributed by atoms with Gasteiger partial charge in [-0.05, 0) is 10.4 Å². The molecule has 0 radical (unpaired) electrons. The summed E-state index contributed by atoms with van der Waals surface area (Å²) in [7, 11) is 2.57. The van der Waals surface area contributed by atoms with Gasteiger partial charge in [0.05, 0.1) is 14.2 Å². The fourth-order valence-corrected chi connectivity index (χ4v) is 0.781. The fourth-order valence-electron chi connectivity index (χ4n) is 0.781. The van der Waals surface area contributed by atoms with Crippen LogP contribution in [-0.2, 0) is 0 Å². The minimum Gasteiger partial charge on any atom is -0.478 e. The molecule has 1 heterocycles. The van der Waals surface area contributed by atoms with Crippen LogP contribution in [0.15, 0.2) is 10.4 Å². The molecule has 0 aromatic carbocycles. The van der Waals surface area contributed by atoms with Gasteiger partial charge in [-0.2, -0.15) is 9.97 Å². The smallest absolute Gasteiger partial charge is 0.266 e. The van der Waals surface area contributed by atoms with Gasteiger partial charge in [0.15, 0.2) is 0 Å². The zero-order chi connectivity index (χ0) is 10.6. The highest BCUT2D eigenvalue weighted by atomic mass is 16.5. The molecular weight excluding hydrogens is 192 g/mol. The van der Waals surface area contributed by atoms with Crippen LogP contribution in [0.3, 0.4) is 0 Å². The van der Waals surface area contributed by atoms with Crippen molar-refractivity contribution in [3.8, 4) is 11.8 Å². The van der Waals surface area contributed by atoms with Crippen molar-refractivity contribution in [2.45, 2.75) is 0 Å². The van der Waals surface area contributed by atoms with Crippen molar-refractivity contribution in [1.82, 2.24) is 9.97 Å². The molecule has 1 rings (SSSR count). The lowest BCUT2D eigenvalue weighted by atomic mass is 10.6. The first-order valence-corrected chi connectivity index (χ1v) is 3.43. The summed E-state index contributed by atoms with van der Waals surface area (Å²) < 4.78 is 9.37. The van der Waals surface area contributed by atoms with Crippen LogP contribution in [-0.4, -0.2) is 24.2 Å². The number of nitrogens with zero attached hydrogens (tertiary/aromatic N) is 4. The van der Waals surface area contributed by atoms with Crippen molar-refractivity contribution in [2.75, 3.05) is 14.2 Å². The van der Waals surface area contributed by atoms with Crippen LogP contribution in [0.5, 0.6) is 11.8 Å². The van der Waals surface area contributed by atoms with Gasteiger partial charge in [-0.1, -0.05) is 0 Å². The molecule has 0 unspecified atom stereocenters. The molecule has 74 valence electrons. The Balaban J connectivity index is 3.34. The molecule has 0 aliphatic rings. The highest BCUT2D eigenvalue weighted by molar-refractivity contribution is 5.50. The van der Waals surface area contributed by atoms with Crippen LogP contribution in [0, 0.1) is 9.81 Å². The van der Waals surface area contributed by atoms with Crippen LogP contribution < -0.4 is 9.47 Å². The van der Waals surface area contributed by atoms with Crippen LogP contribution in [0.25, 0.3) is 0 Å². The maximum atomic E-state index is 10.2. The van der Waals surface area contributed by atoms with Gasteiger partial charge in [-0.15, -0.1) is 9.81 Å². The first-order chi connectivity index (χ1) is 6.76. The molecule has 0 N–H and O–H groups in total. The molecule has 0 saturated heterocycles. The van der Waals surface area contributed by atoms with Crippen molar-refractivity contribution < 1.29 is 9.47 Å². The number of rotatable bonds is 4. The molecule has 0 fully saturated rings. The molecule has 1 aromatic heterocycles. The summed E-state index contributed by atoms with van der Waals surface area (Å²) in [5.74, 6) is -0.931. The molecule has 0 aliphatic carbocycles. The van der Waals surface area contributed by atoms with Crippen molar-refractivity contribution in [2.24, 2.45) is 10.4 Å². The molecule has 0 atom stereocenters. The quantitative estimate of drug-likeness (QED) is 0.675. The number of aromatic nitrogens is 2. The van der Waals surface area contributed by atoms with E-state index in [1.54, 1.807) is 0 Å². The number of hydrogen-bond acceptors (Lipinski definition) is 8. The third-order valence-corrected chi connectivity index (χ3v) is 1.36. The zero-order valence-electron chi connectivity index (χ0n) is 7.42. The molecular formula is C6H6N4O4. The first-order valence-electron chi connectivity index (χ1n) is 3.43. The van der Waals surface area contributed by atoms with E-state index in [0.29, 0.717) is 0 Å². The van der Waals surface area contributed by atoms with Gasteiger partial charge in [0, 0.05) is 0 Å². The Morgan fingerprint density at radius 1 is 0.929 bits per heavy atom. The maximum absolute atomic E-state index is 10.2. The van der Waals surface area contributed by atoms with E-state index in [0.717, 1.165) is 0 Å². The molecule has 8 heteroatoms. The second-order valence-corrected chi connectivity index (χ2v) is 2.07.